The highest BCUT2D eigenvalue weighted by Gasteiger charge is 2.62. The van der Waals surface area contributed by atoms with Crippen LogP contribution >= 0.6 is 0 Å². The Labute approximate surface area is 99.3 Å². The van der Waals surface area contributed by atoms with Gasteiger partial charge in [-0.05, 0) is 49.5 Å². The second kappa shape index (κ2) is 3.46. The quantitative estimate of drug-likeness (QED) is 0.704. The SMILES string of the molecule is C=C(C)C[C@@]1(O)/C(=C/C)CC2CC1C2(C)C. The largest absolute Gasteiger partial charge is 0.385 e. The Kier molecular flexibility index (Phi) is 2.58. The van der Waals surface area contributed by atoms with Gasteiger partial charge in [0.05, 0.1) is 5.60 Å². The molecule has 90 valence electrons. The van der Waals surface area contributed by atoms with Gasteiger partial charge in [-0.15, -0.1) is 6.58 Å². The van der Waals surface area contributed by atoms with E-state index in [4.69, 9.17) is 0 Å². The lowest BCUT2D eigenvalue weighted by atomic mass is 9.42. The normalized spacial score (nSPS) is 42.9. The number of hydrogen-bond acceptors (Lipinski definition) is 1. The third-order valence-electron chi connectivity index (χ3n) is 4.99. The average Bonchev–Trinajstić information content (AvgIpc) is 2.15. The smallest absolute Gasteiger partial charge is 0.0926 e. The van der Waals surface area contributed by atoms with Crippen LogP contribution in [0.4, 0.5) is 0 Å². The molecule has 3 rings (SSSR count). The van der Waals surface area contributed by atoms with Gasteiger partial charge in [0, 0.05) is 6.42 Å². The van der Waals surface area contributed by atoms with Crippen molar-refractivity contribution in [2.24, 2.45) is 17.3 Å². The second-order valence-electron chi connectivity index (χ2n) is 6.38. The predicted molar refractivity (Wildman–Crippen MR) is 68.1 cm³/mol. The lowest BCUT2D eigenvalue weighted by molar-refractivity contribution is -0.168. The molecule has 0 heterocycles. The molecule has 0 aromatic carbocycles. The van der Waals surface area contributed by atoms with Crippen molar-refractivity contribution in [2.45, 2.75) is 52.6 Å². The molecule has 3 saturated carbocycles. The molecule has 3 atom stereocenters. The van der Waals surface area contributed by atoms with E-state index in [1.54, 1.807) is 0 Å². The fraction of sp³-hybridized carbons (Fsp3) is 0.733. The van der Waals surface area contributed by atoms with Crippen LogP contribution in [0.3, 0.4) is 0 Å². The average molecular weight is 220 g/mol. The summed E-state index contributed by atoms with van der Waals surface area (Å²) in [5.41, 5.74) is 2.02. The summed E-state index contributed by atoms with van der Waals surface area (Å²) >= 11 is 0. The molecule has 0 amide bonds. The van der Waals surface area contributed by atoms with Gasteiger partial charge in [0.2, 0.25) is 0 Å². The van der Waals surface area contributed by atoms with Gasteiger partial charge in [-0.25, -0.2) is 0 Å². The van der Waals surface area contributed by atoms with E-state index in [1.165, 1.54) is 12.0 Å². The van der Waals surface area contributed by atoms with Crippen LogP contribution in [0.2, 0.25) is 0 Å². The maximum absolute atomic E-state index is 11.0. The maximum atomic E-state index is 11.0. The Hall–Kier alpha value is -0.560. The Morgan fingerprint density at radius 2 is 2.19 bits per heavy atom. The highest BCUT2D eigenvalue weighted by Crippen LogP contribution is 2.65. The first-order valence-electron chi connectivity index (χ1n) is 6.34. The van der Waals surface area contributed by atoms with Crippen molar-refractivity contribution in [3.05, 3.63) is 23.8 Å². The van der Waals surface area contributed by atoms with Gasteiger partial charge >= 0.3 is 0 Å². The van der Waals surface area contributed by atoms with Crippen molar-refractivity contribution >= 4 is 0 Å². The summed E-state index contributed by atoms with van der Waals surface area (Å²) in [5, 5.41) is 11.0. The summed E-state index contributed by atoms with van der Waals surface area (Å²) in [6.07, 6.45) is 5.11. The van der Waals surface area contributed by atoms with Crippen LogP contribution in [0.25, 0.3) is 0 Å². The molecule has 0 aliphatic heterocycles. The van der Waals surface area contributed by atoms with E-state index in [1.807, 2.05) is 6.92 Å². The standard InChI is InChI=1S/C15H24O/c1-6-11-7-12-8-13(14(12,4)5)15(11,16)9-10(2)3/h6,12-13,16H,2,7-9H2,1,3-5H3/b11-6+/t12?,13?,15-/m1/s1. The molecular weight excluding hydrogens is 196 g/mol. The third-order valence-corrected chi connectivity index (χ3v) is 4.99. The van der Waals surface area contributed by atoms with Gasteiger partial charge in [-0.2, -0.15) is 0 Å². The first-order chi connectivity index (χ1) is 7.32. The summed E-state index contributed by atoms with van der Waals surface area (Å²) in [7, 11) is 0. The summed E-state index contributed by atoms with van der Waals surface area (Å²) in [6.45, 7) is 12.7. The molecule has 0 radical (unpaired) electrons. The van der Waals surface area contributed by atoms with Crippen molar-refractivity contribution in [1.29, 1.82) is 0 Å². The molecule has 3 aliphatic rings. The number of rotatable bonds is 2. The third kappa shape index (κ3) is 1.41. The Morgan fingerprint density at radius 3 is 2.62 bits per heavy atom. The van der Waals surface area contributed by atoms with Crippen molar-refractivity contribution in [3.8, 4) is 0 Å². The van der Waals surface area contributed by atoms with Gasteiger partial charge in [-0.1, -0.05) is 25.5 Å². The van der Waals surface area contributed by atoms with E-state index in [2.05, 4.69) is 33.4 Å². The Morgan fingerprint density at radius 1 is 1.56 bits per heavy atom. The monoisotopic (exact) mass is 220 g/mol. The van der Waals surface area contributed by atoms with E-state index >= 15 is 0 Å². The Bertz CT molecular complexity index is 350. The highest BCUT2D eigenvalue weighted by molar-refractivity contribution is 5.31. The van der Waals surface area contributed by atoms with Gasteiger partial charge in [-0.3, -0.25) is 0 Å². The van der Waals surface area contributed by atoms with Gasteiger partial charge in [0.15, 0.2) is 0 Å². The van der Waals surface area contributed by atoms with E-state index in [-0.39, 0.29) is 0 Å². The number of allylic oxidation sites excluding steroid dienone is 1. The lowest BCUT2D eigenvalue weighted by Crippen LogP contribution is -2.62. The van der Waals surface area contributed by atoms with Gasteiger partial charge in [0.25, 0.3) is 0 Å². The zero-order valence-electron chi connectivity index (χ0n) is 11.0. The molecular formula is C15H24O. The molecule has 1 N–H and O–H groups in total. The van der Waals surface area contributed by atoms with E-state index < -0.39 is 5.60 Å². The fourth-order valence-corrected chi connectivity index (χ4v) is 3.90. The topological polar surface area (TPSA) is 20.2 Å². The zero-order chi connectivity index (χ0) is 12.1. The van der Waals surface area contributed by atoms with E-state index in [0.717, 1.165) is 24.3 Å². The predicted octanol–water partition coefficient (Wildman–Crippen LogP) is 3.70. The van der Waals surface area contributed by atoms with Crippen LogP contribution in [0, 0.1) is 17.3 Å². The molecule has 0 saturated heterocycles. The zero-order valence-corrected chi connectivity index (χ0v) is 11.0. The molecule has 2 unspecified atom stereocenters. The minimum atomic E-state index is -0.612. The second-order valence-corrected chi connectivity index (χ2v) is 6.38. The summed E-state index contributed by atoms with van der Waals surface area (Å²) in [4.78, 5) is 0. The molecule has 1 heteroatoms. The van der Waals surface area contributed by atoms with Crippen LogP contribution in [0.5, 0.6) is 0 Å². The first kappa shape index (κ1) is 11.9. The molecule has 3 aliphatic carbocycles. The number of fused-ring (bicyclic) bond motifs is 2. The number of hydrogen-bond donors (Lipinski definition) is 1. The van der Waals surface area contributed by atoms with Crippen molar-refractivity contribution in [1.82, 2.24) is 0 Å². The minimum Gasteiger partial charge on any atom is -0.385 e. The lowest BCUT2D eigenvalue weighted by Gasteiger charge is -2.64. The fourth-order valence-electron chi connectivity index (χ4n) is 3.90. The van der Waals surface area contributed by atoms with Crippen molar-refractivity contribution in [2.75, 3.05) is 0 Å². The van der Waals surface area contributed by atoms with Crippen molar-refractivity contribution < 1.29 is 5.11 Å². The van der Waals surface area contributed by atoms with Crippen LogP contribution < -0.4 is 0 Å². The molecule has 0 aromatic heterocycles. The van der Waals surface area contributed by atoms with E-state index in [9.17, 15) is 5.11 Å². The van der Waals surface area contributed by atoms with E-state index in [0.29, 0.717) is 11.3 Å². The number of aliphatic hydroxyl groups is 1. The highest BCUT2D eigenvalue weighted by atomic mass is 16.3. The molecule has 0 aromatic rings. The van der Waals surface area contributed by atoms with Crippen LogP contribution in [-0.4, -0.2) is 10.7 Å². The first-order valence-corrected chi connectivity index (χ1v) is 6.34. The summed E-state index contributed by atoms with van der Waals surface area (Å²) < 4.78 is 0. The van der Waals surface area contributed by atoms with Gasteiger partial charge < -0.3 is 5.11 Å². The molecule has 3 fully saturated rings. The van der Waals surface area contributed by atoms with Crippen LogP contribution in [0.1, 0.15) is 47.0 Å². The maximum Gasteiger partial charge on any atom is 0.0926 e. The molecule has 2 bridgehead atoms. The van der Waals surface area contributed by atoms with Crippen LogP contribution in [-0.2, 0) is 0 Å². The molecule has 16 heavy (non-hydrogen) atoms. The van der Waals surface area contributed by atoms with Crippen molar-refractivity contribution in [3.63, 3.8) is 0 Å². The Balaban J connectivity index is 2.35. The minimum absolute atomic E-state index is 0.302. The molecule has 0 spiro atoms. The molecule has 1 nitrogen and oxygen atoms in total. The van der Waals surface area contributed by atoms with Gasteiger partial charge in [0.1, 0.15) is 0 Å². The summed E-state index contributed by atoms with van der Waals surface area (Å²) in [6, 6.07) is 0. The summed E-state index contributed by atoms with van der Waals surface area (Å²) in [5.74, 6) is 1.19. The van der Waals surface area contributed by atoms with Crippen LogP contribution in [0.15, 0.2) is 23.8 Å².